The van der Waals surface area contributed by atoms with Gasteiger partial charge < -0.3 is 73.1 Å². The van der Waals surface area contributed by atoms with Gasteiger partial charge in [-0.15, -0.1) is 0 Å². The normalized spacial score (nSPS) is 44.3. The molecule has 226 valence electrons. The van der Waals surface area contributed by atoms with Crippen LogP contribution < -0.4 is 38.5 Å². The average molecular weight is 560 g/mol. The molecular weight excluding hydrogens is 510 g/mol. The summed E-state index contributed by atoms with van der Waals surface area (Å²) < 4.78 is 18.4. The van der Waals surface area contributed by atoms with Crippen LogP contribution in [-0.2, 0) is 14.2 Å². The monoisotopic (exact) mass is 559 g/mol. The summed E-state index contributed by atoms with van der Waals surface area (Å²) in [6, 6.07) is -1.47. The highest BCUT2D eigenvalue weighted by molar-refractivity contribution is 5.11. The second-order valence-corrected chi connectivity index (χ2v) is 11.6. The van der Waals surface area contributed by atoms with E-state index in [4.69, 9.17) is 31.4 Å². The van der Waals surface area contributed by atoms with Gasteiger partial charge in [0.1, 0.15) is 29.7 Å². The van der Waals surface area contributed by atoms with E-state index in [-0.39, 0.29) is 32.3 Å². The van der Waals surface area contributed by atoms with Crippen molar-refractivity contribution in [3.05, 3.63) is 11.8 Å². The minimum atomic E-state index is -1.32. The average Bonchev–Trinajstić information content (AvgIpc) is 2.88. The summed E-state index contributed by atoms with van der Waals surface area (Å²) >= 11 is 0. The van der Waals surface area contributed by atoms with Crippen LogP contribution in [-0.4, -0.2) is 139 Å². The van der Waals surface area contributed by atoms with Crippen LogP contribution in [0.25, 0.3) is 0 Å². The van der Waals surface area contributed by atoms with E-state index in [0.29, 0.717) is 24.6 Å². The second kappa shape index (κ2) is 13.3. The maximum absolute atomic E-state index is 11.9. The molecule has 3 aliphatic heterocycles. The maximum atomic E-state index is 11.9. The van der Waals surface area contributed by atoms with Gasteiger partial charge in [0.15, 0.2) is 6.29 Å². The van der Waals surface area contributed by atoms with Crippen molar-refractivity contribution in [3.8, 4) is 0 Å². The predicted octanol–water partition coefficient (Wildman–Crippen LogP) is -5.02. The first kappa shape index (κ1) is 31.0. The third-order valence-electron chi connectivity index (χ3n) is 8.56. The molecule has 3 fully saturated rings. The van der Waals surface area contributed by atoms with E-state index >= 15 is 0 Å². The predicted molar refractivity (Wildman–Crippen MR) is 143 cm³/mol. The molecule has 0 radical (unpaired) electrons. The van der Waals surface area contributed by atoms with Crippen LogP contribution in [0.5, 0.6) is 0 Å². The first-order valence-corrected chi connectivity index (χ1v) is 14.0. The Bertz CT molecular complexity index is 820. The molecule has 14 N–H and O–H groups in total. The smallest absolute Gasteiger partial charge is 0.185 e. The van der Waals surface area contributed by atoms with Gasteiger partial charge in [-0.05, 0) is 32.9 Å². The molecule has 0 amide bonds. The number of nitrogens with one attached hydrogen (secondary N) is 4. The minimum absolute atomic E-state index is 0.0688. The van der Waals surface area contributed by atoms with E-state index in [1.54, 1.807) is 14.0 Å². The number of rotatable bonds is 11. The number of nitrogens with two attached hydrogens (primary N) is 3. The van der Waals surface area contributed by atoms with Crippen LogP contribution in [0.15, 0.2) is 11.8 Å². The number of hydrogen-bond acceptors (Lipinski definition) is 14. The molecule has 0 aromatic heterocycles. The van der Waals surface area contributed by atoms with Gasteiger partial charge in [0.2, 0.25) is 0 Å². The van der Waals surface area contributed by atoms with Crippen LogP contribution in [0, 0.1) is 5.92 Å². The van der Waals surface area contributed by atoms with Crippen molar-refractivity contribution in [2.45, 2.75) is 92.4 Å². The first-order chi connectivity index (χ1) is 18.6. The summed E-state index contributed by atoms with van der Waals surface area (Å²) in [4.78, 5) is 0. The lowest BCUT2D eigenvalue weighted by atomic mass is 9.72. The number of ether oxygens (including phenoxy) is 3. The molecule has 14 heteroatoms. The summed E-state index contributed by atoms with van der Waals surface area (Å²) in [5.41, 5.74) is 16.9. The molecule has 4 rings (SSSR count). The fourth-order valence-corrected chi connectivity index (χ4v) is 6.25. The first-order valence-electron chi connectivity index (χ1n) is 14.0. The van der Waals surface area contributed by atoms with E-state index in [1.807, 2.05) is 6.08 Å². The van der Waals surface area contributed by atoms with Crippen molar-refractivity contribution in [2.75, 3.05) is 46.4 Å². The Hall–Kier alpha value is -0.980. The van der Waals surface area contributed by atoms with E-state index < -0.39 is 66.5 Å². The highest BCUT2D eigenvalue weighted by Crippen LogP contribution is 2.37. The number of hydrogen-bond donors (Lipinski definition) is 11. The summed E-state index contributed by atoms with van der Waals surface area (Å²) in [5, 5.41) is 56.7. The van der Waals surface area contributed by atoms with Crippen LogP contribution in [0.3, 0.4) is 0 Å². The van der Waals surface area contributed by atoms with E-state index in [0.717, 1.165) is 13.1 Å². The van der Waals surface area contributed by atoms with Gasteiger partial charge in [-0.3, -0.25) is 0 Å². The zero-order valence-corrected chi connectivity index (χ0v) is 22.9. The van der Waals surface area contributed by atoms with Crippen molar-refractivity contribution in [2.24, 2.45) is 23.1 Å². The molecule has 4 aliphatic rings. The number of aliphatic hydroxyl groups is 4. The molecular formula is C25H49N7O7. The molecule has 0 spiro atoms. The van der Waals surface area contributed by atoms with Crippen LogP contribution in [0.1, 0.15) is 19.8 Å². The van der Waals surface area contributed by atoms with Crippen LogP contribution in [0.4, 0.5) is 0 Å². The molecule has 14 nitrogen and oxygen atoms in total. The van der Waals surface area contributed by atoms with Gasteiger partial charge >= 0.3 is 0 Å². The van der Waals surface area contributed by atoms with Crippen molar-refractivity contribution >= 4 is 0 Å². The molecule has 39 heavy (non-hydrogen) atoms. The highest BCUT2D eigenvalue weighted by atomic mass is 16.7. The molecule has 0 bridgehead atoms. The summed E-state index contributed by atoms with van der Waals surface area (Å²) in [5.74, 6) is 0.121. The third-order valence-corrected chi connectivity index (χ3v) is 8.56. The zero-order chi connectivity index (χ0) is 28.3. The standard InChI is InChI=1S/C25H49N7O7/c1-25(36)11-37-24(20(35)23(25)29-2)39-22-17(31-10-13(33)6-26)5-15(28)18(19(22)34)21-16(32-12-8-30-9-12)4-3-14(7-27)38-21/h3,12-13,15-24,29-36H,4-11,26-28H2,1-2H3/t13?,15-,16+,17+,18?,19-,20+,21-,22-,23+,24+,25-/m0/s1. The Kier molecular flexibility index (Phi) is 10.6. The minimum Gasteiger partial charge on any atom is -0.492 e. The maximum Gasteiger partial charge on any atom is 0.185 e. The Labute approximate surface area is 230 Å². The highest BCUT2D eigenvalue weighted by Gasteiger charge is 2.53. The van der Waals surface area contributed by atoms with Gasteiger partial charge in [0, 0.05) is 56.3 Å². The lowest BCUT2D eigenvalue weighted by Crippen LogP contribution is -2.70. The molecule has 3 heterocycles. The largest absolute Gasteiger partial charge is 0.492 e. The molecule has 0 aromatic carbocycles. The van der Waals surface area contributed by atoms with Crippen molar-refractivity contribution in [3.63, 3.8) is 0 Å². The Morgan fingerprint density at radius 1 is 1.23 bits per heavy atom. The van der Waals surface area contributed by atoms with Gasteiger partial charge in [0.05, 0.1) is 31.4 Å². The Balaban J connectivity index is 1.57. The summed E-state index contributed by atoms with van der Waals surface area (Å²) in [6.07, 6.45) is -2.52. The van der Waals surface area contributed by atoms with E-state index in [9.17, 15) is 20.4 Å². The Morgan fingerprint density at radius 2 is 1.97 bits per heavy atom. The number of aliphatic hydroxyl groups excluding tert-OH is 3. The van der Waals surface area contributed by atoms with Gasteiger partial charge in [-0.2, -0.15) is 0 Å². The molecule has 2 saturated heterocycles. The van der Waals surface area contributed by atoms with Crippen LogP contribution in [0.2, 0.25) is 0 Å². The van der Waals surface area contributed by atoms with E-state index in [2.05, 4.69) is 21.3 Å². The summed E-state index contributed by atoms with van der Waals surface area (Å²) in [7, 11) is 1.64. The van der Waals surface area contributed by atoms with Gasteiger partial charge in [-0.1, -0.05) is 0 Å². The lowest BCUT2D eigenvalue weighted by Gasteiger charge is -2.51. The van der Waals surface area contributed by atoms with Crippen LogP contribution >= 0.6 is 0 Å². The third kappa shape index (κ3) is 6.92. The Morgan fingerprint density at radius 3 is 2.59 bits per heavy atom. The number of likely N-dealkylation sites (N-methyl/N-ethyl adjacent to an activating group) is 1. The van der Waals surface area contributed by atoms with Crippen molar-refractivity contribution in [1.82, 2.24) is 21.3 Å². The van der Waals surface area contributed by atoms with E-state index in [1.165, 1.54) is 0 Å². The topological polar surface area (TPSA) is 235 Å². The molecule has 2 unspecified atom stereocenters. The van der Waals surface area contributed by atoms with Crippen molar-refractivity contribution in [1.29, 1.82) is 0 Å². The molecule has 1 saturated carbocycles. The molecule has 0 aromatic rings. The summed E-state index contributed by atoms with van der Waals surface area (Å²) in [6.45, 7) is 3.68. The lowest BCUT2D eigenvalue weighted by molar-refractivity contribution is -0.298. The second-order valence-electron chi connectivity index (χ2n) is 11.6. The van der Waals surface area contributed by atoms with Gasteiger partial charge in [0.25, 0.3) is 0 Å². The van der Waals surface area contributed by atoms with Crippen molar-refractivity contribution < 1.29 is 34.6 Å². The van der Waals surface area contributed by atoms with Gasteiger partial charge in [-0.25, -0.2) is 0 Å². The molecule has 12 atom stereocenters. The molecule has 1 aliphatic carbocycles. The zero-order valence-electron chi connectivity index (χ0n) is 22.9. The SMILES string of the molecule is CN[C@@H]1[C@@H](O)[C@@H](O[C@H]2[C@H](NCC(O)CN)C[C@H](N)C([C@H]3OC(CN)=CC[C@H]3NC3CNC3)[C@@H]2O)OC[C@]1(C)O. The fraction of sp³-hybridized carbons (Fsp3) is 0.920. The fourth-order valence-electron chi connectivity index (χ4n) is 6.25. The quantitative estimate of drug-likeness (QED) is 0.114.